The SMILES string of the molecule is CCOCC(C(C)C)n1c(=O)[nH]c(Cl)c(C)c1=O. The molecule has 6 heteroatoms. The first-order valence-electron chi connectivity index (χ1n) is 5.98. The standard InChI is InChI=1S/C12H19ClN2O3/c1-5-18-6-9(7(2)3)15-11(16)8(4)10(13)14-12(15)17/h7,9H,5-6H2,1-4H3,(H,14,17). The number of aromatic nitrogens is 2. The first-order chi connectivity index (χ1) is 8.40. The Morgan fingerprint density at radius 3 is 2.50 bits per heavy atom. The van der Waals surface area contributed by atoms with Gasteiger partial charge in [0.1, 0.15) is 5.15 Å². The highest BCUT2D eigenvalue weighted by Crippen LogP contribution is 2.15. The Hall–Kier alpha value is -1.07. The molecule has 0 aromatic carbocycles. The smallest absolute Gasteiger partial charge is 0.329 e. The van der Waals surface area contributed by atoms with Crippen LogP contribution in [0.5, 0.6) is 0 Å². The molecule has 1 N–H and O–H groups in total. The van der Waals surface area contributed by atoms with Gasteiger partial charge in [-0.2, -0.15) is 0 Å². The van der Waals surface area contributed by atoms with Crippen LogP contribution < -0.4 is 11.2 Å². The molecule has 1 rings (SSSR count). The minimum Gasteiger partial charge on any atom is -0.380 e. The van der Waals surface area contributed by atoms with E-state index in [9.17, 15) is 9.59 Å². The van der Waals surface area contributed by atoms with E-state index in [2.05, 4.69) is 4.98 Å². The molecular weight excluding hydrogens is 256 g/mol. The molecule has 0 radical (unpaired) electrons. The summed E-state index contributed by atoms with van der Waals surface area (Å²) in [6, 6.07) is -0.294. The molecule has 0 amide bonds. The van der Waals surface area contributed by atoms with E-state index in [-0.39, 0.29) is 22.7 Å². The number of ether oxygens (including phenoxy) is 1. The van der Waals surface area contributed by atoms with Crippen LogP contribution in [0.1, 0.15) is 32.4 Å². The average Bonchev–Trinajstić information content (AvgIpc) is 2.30. The van der Waals surface area contributed by atoms with Crippen molar-refractivity contribution in [3.05, 3.63) is 31.6 Å². The second-order valence-electron chi connectivity index (χ2n) is 4.52. The molecule has 1 aromatic heterocycles. The number of hydrogen-bond donors (Lipinski definition) is 1. The lowest BCUT2D eigenvalue weighted by atomic mass is 10.1. The molecule has 0 spiro atoms. The zero-order valence-corrected chi connectivity index (χ0v) is 11.9. The fourth-order valence-corrected chi connectivity index (χ4v) is 1.88. The largest absolute Gasteiger partial charge is 0.380 e. The third-order valence-electron chi connectivity index (χ3n) is 2.90. The summed E-state index contributed by atoms with van der Waals surface area (Å²) in [4.78, 5) is 26.5. The minimum absolute atomic E-state index is 0.0974. The van der Waals surface area contributed by atoms with Crippen molar-refractivity contribution in [2.24, 2.45) is 5.92 Å². The van der Waals surface area contributed by atoms with Crippen molar-refractivity contribution in [1.82, 2.24) is 9.55 Å². The molecule has 0 fully saturated rings. The topological polar surface area (TPSA) is 64.1 Å². The zero-order chi connectivity index (χ0) is 13.9. The van der Waals surface area contributed by atoms with Gasteiger partial charge in [0, 0.05) is 12.2 Å². The lowest BCUT2D eigenvalue weighted by molar-refractivity contribution is 0.0931. The van der Waals surface area contributed by atoms with Crippen molar-refractivity contribution in [3.8, 4) is 0 Å². The van der Waals surface area contributed by atoms with Crippen molar-refractivity contribution >= 4 is 11.6 Å². The number of H-pyrrole nitrogens is 1. The van der Waals surface area contributed by atoms with Gasteiger partial charge in [0.25, 0.3) is 5.56 Å². The van der Waals surface area contributed by atoms with Crippen molar-refractivity contribution < 1.29 is 4.74 Å². The number of hydrogen-bond acceptors (Lipinski definition) is 3. The van der Waals surface area contributed by atoms with Gasteiger partial charge in [-0.25, -0.2) is 4.79 Å². The normalized spacial score (nSPS) is 13.0. The number of rotatable bonds is 5. The van der Waals surface area contributed by atoms with Gasteiger partial charge in [0.05, 0.1) is 12.6 Å². The van der Waals surface area contributed by atoms with Crippen LogP contribution in [0.3, 0.4) is 0 Å². The fourth-order valence-electron chi connectivity index (χ4n) is 1.72. The summed E-state index contributed by atoms with van der Waals surface area (Å²) < 4.78 is 6.54. The predicted molar refractivity (Wildman–Crippen MR) is 71.4 cm³/mol. The van der Waals surface area contributed by atoms with E-state index >= 15 is 0 Å². The van der Waals surface area contributed by atoms with Crippen LogP contribution in [0.25, 0.3) is 0 Å². The van der Waals surface area contributed by atoms with Gasteiger partial charge >= 0.3 is 5.69 Å². The van der Waals surface area contributed by atoms with Crippen LogP contribution >= 0.6 is 11.6 Å². The highest BCUT2D eigenvalue weighted by molar-refractivity contribution is 6.30. The molecule has 1 aromatic rings. The van der Waals surface area contributed by atoms with Crippen LogP contribution in [-0.2, 0) is 4.74 Å². The number of halogens is 1. The van der Waals surface area contributed by atoms with E-state index < -0.39 is 5.69 Å². The first kappa shape index (κ1) is 15.0. The zero-order valence-electron chi connectivity index (χ0n) is 11.1. The Morgan fingerprint density at radius 2 is 2.00 bits per heavy atom. The van der Waals surface area contributed by atoms with Crippen LogP contribution in [0.4, 0.5) is 0 Å². The maximum absolute atomic E-state index is 12.1. The molecule has 0 bridgehead atoms. The fraction of sp³-hybridized carbons (Fsp3) is 0.667. The lowest BCUT2D eigenvalue weighted by Crippen LogP contribution is -2.42. The maximum Gasteiger partial charge on any atom is 0.329 e. The quantitative estimate of drug-likeness (QED) is 0.832. The van der Waals surface area contributed by atoms with Gasteiger partial charge in [-0.3, -0.25) is 14.3 Å². The summed E-state index contributed by atoms with van der Waals surface area (Å²) >= 11 is 5.78. The van der Waals surface area contributed by atoms with Crippen LogP contribution in [0, 0.1) is 12.8 Å². The van der Waals surface area contributed by atoms with Gasteiger partial charge in [-0.05, 0) is 19.8 Å². The predicted octanol–water partition coefficient (Wildman–Crippen LogP) is 1.73. The maximum atomic E-state index is 12.1. The molecule has 0 aliphatic carbocycles. The van der Waals surface area contributed by atoms with E-state index in [0.29, 0.717) is 18.8 Å². The minimum atomic E-state index is -0.492. The van der Waals surface area contributed by atoms with E-state index in [1.165, 1.54) is 4.57 Å². The summed E-state index contributed by atoms with van der Waals surface area (Å²) in [5.41, 5.74) is -0.505. The van der Waals surface area contributed by atoms with E-state index in [1.54, 1.807) is 6.92 Å². The Balaban J connectivity index is 3.33. The summed E-state index contributed by atoms with van der Waals surface area (Å²) in [6.07, 6.45) is 0. The Labute approximate surface area is 111 Å². The lowest BCUT2D eigenvalue weighted by Gasteiger charge is -2.22. The molecule has 1 heterocycles. The molecule has 18 heavy (non-hydrogen) atoms. The number of aromatic amines is 1. The highest BCUT2D eigenvalue weighted by Gasteiger charge is 2.21. The van der Waals surface area contributed by atoms with Gasteiger partial charge in [0.2, 0.25) is 0 Å². The molecule has 0 aliphatic heterocycles. The summed E-state index contributed by atoms with van der Waals surface area (Å²) in [5, 5.41) is 0.0974. The summed E-state index contributed by atoms with van der Waals surface area (Å²) in [6.45, 7) is 8.23. The third kappa shape index (κ3) is 3.03. The van der Waals surface area contributed by atoms with Gasteiger partial charge in [0.15, 0.2) is 0 Å². The molecule has 5 nitrogen and oxygen atoms in total. The molecule has 1 atom stereocenters. The van der Waals surface area contributed by atoms with E-state index in [4.69, 9.17) is 16.3 Å². The molecule has 0 aliphatic rings. The Morgan fingerprint density at radius 1 is 1.39 bits per heavy atom. The molecule has 0 saturated carbocycles. The molecule has 0 saturated heterocycles. The summed E-state index contributed by atoms with van der Waals surface area (Å²) in [5.74, 6) is 0.107. The van der Waals surface area contributed by atoms with Gasteiger partial charge in [-0.15, -0.1) is 0 Å². The second kappa shape index (κ2) is 6.20. The van der Waals surface area contributed by atoms with Crippen LogP contribution in [0.15, 0.2) is 9.59 Å². The van der Waals surface area contributed by atoms with Crippen molar-refractivity contribution in [2.75, 3.05) is 13.2 Å². The third-order valence-corrected chi connectivity index (χ3v) is 3.28. The molecule has 102 valence electrons. The average molecular weight is 275 g/mol. The van der Waals surface area contributed by atoms with Crippen LogP contribution in [0.2, 0.25) is 5.15 Å². The Bertz CT molecular complexity index is 519. The van der Waals surface area contributed by atoms with Crippen molar-refractivity contribution in [1.29, 1.82) is 0 Å². The van der Waals surface area contributed by atoms with Crippen molar-refractivity contribution in [3.63, 3.8) is 0 Å². The number of nitrogens with zero attached hydrogens (tertiary/aromatic N) is 1. The van der Waals surface area contributed by atoms with Gasteiger partial charge < -0.3 is 4.74 Å². The summed E-state index contributed by atoms with van der Waals surface area (Å²) in [7, 11) is 0. The Kier molecular flexibility index (Phi) is 5.16. The molecular formula is C12H19ClN2O3. The van der Waals surface area contributed by atoms with E-state index in [0.717, 1.165) is 0 Å². The molecule has 1 unspecified atom stereocenters. The number of nitrogens with one attached hydrogen (secondary N) is 1. The van der Waals surface area contributed by atoms with Crippen LogP contribution in [-0.4, -0.2) is 22.8 Å². The van der Waals surface area contributed by atoms with E-state index in [1.807, 2.05) is 20.8 Å². The first-order valence-corrected chi connectivity index (χ1v) is 6.36. The monoisotopic (exact) mass is 274 g/mol. The second-order valence-corrected chi connectivity index (χ2v) is 4.89. The van der Waals surface area contributed by atoms with Crippen molar-refractivity contribution in [2.45, 2.75) is 33.7 Å². The highest BCUT2D eigenvalue weighted by atomic mass is 35.5. The van der Waals surface area contributed by atoms with Gasteiger partial charge in [-0.1, -0.05) is 25.4 Å².